The van der Waals surface area contributed by atoms with Crippen molar-refractivity contribution in [3.63, 3.8) is 0 Å². The molecule has 0 bridgehead atoms. The van der Waals surface area contributed by atoms with Crippen LogP contribution in [0.15, 0.2) is 115 Å². The van der Waals surface area contributed by atoms with Gasteiger partial charge in [-0.2, -0.15) is 0 Å². The van der Waals surface area contributed by atoms with E-state index in [0.717, 1.165) is 46.3 Å². The van der Waals surface area contributed by atoms with Gasteiger partial charge in [0.2, 0.25) is 0 Å². The second-order valence-corrected chi connectivity index (χ2v) is 10.9. The summed E-state index contributed by atoms with van der Waals surface area (Å²) in [6.45, 7) is 7.14. The Hall–Kier alpha value is -4.44. The second kappa shape index (κ2) is 9.09. The summed E-state index contributed by atoms with van der Waals surface area (Å²) >= 11 is 0. The molecule has 3 atom stereocenters. The predicted molar refractivity (Wildman–Crippen MR) is 161 cm³/mol. The third kappa shape index (κ3) is 3.51. The molecule has 0 saturated heterocycles. The summed E-state index contributed by atoms with van der Waals surface area (Å²) in [4.78, 5) is 15.9. The molecule has 0 spiro atoms. The van der Waals surface area contributed by atoms with Gasteiger partial charge in [0.15, 0.2) is 11.6 Å². The van der Waals surface area contributed by atoms with Crippen molar-refractivity contribution in [2.75, 3.05) is 9.80 Å². The highest BCUT2D eigenvalue weighted by Gasteiger charge is 2.53. The zero-order valence-electron chi connectivity index (χ0n) is 22.6. The quantitative estimate of drug-likeness (QED) is 0.243. The first-order chi connectivity index (χ1) is 19.1. The van der Waals surface area contributed by atoms with Gasteiger partial charge in [0.05, 0.1) is 11.4 Å². The summed E-state index contributed by atoms with van der Waals surface area (Å²) in [5.74, 6) is 2.14. The molecule has 0 saturated carbocycles. The molecule has 0 fully saturated rings. The van der Waals surface area contributed by atoms with Crippen LogP contribution in [0.4, 0.5) is 23.0 Å². The van der Waals surface area contributed by atoms with E-state index in [1.165, 1.54) is 11.3 Å². The van der Waals surface area contributed by atoms with Crippen LogP contribution in [0.1, 0.15) is 32.8 Å². The summed E-state index contributed by atoms with van der Waals surface area (Å²) in [7, 11) is 0. The van der Waals surface area contributed by atoms with Crippen LogP contribution in [0.25, 0.3) is 22.5 Å². The maximum Gasteiger partial charge on any atom is 0.179 e. The van der Waals surface area contributed by atoms with Crippen LogP contribution in [0.5, 0.6) is 0 Å². The Morgan fingerprint density at radius 3 is 1.69 bits per heavy atom. The summed E-state index contributed by atoms with van der Waals surface area (Å²) < 4.78 is 0. The van der Waals surface area contributed by atoms with Crippen LogP contribution in [-0.2, 0) is 5.41 Å². The average Bonchev–Trinajstić information content (AvgIpc) is 3.35. The maximum atomic E-state index is 5.49. The van der Waals surface area contributed by atoms with Gasteiger partial charge < -0.3 is 9.80 Å². The predicted octanol–water partition coefficient (Wildman–Crippen LogP) is 8.74. The van der Waals surface area contributed by atoms with Crippen LogP contribution in [0.3, 0.4) is 0 Å². The van der Waals surface area contributed by atoms with Gasteiger partial charge in [-0.05, 0) is 30.2 Å². The van der Waals surface area contributed by atoms with Crippen LogP contribution in [0, 0.1) is 5.92 Å². The Kier molecular flexibility index (Phi) is 5.52. The number of fused-ring (bicyclic) bond motifs is 5. The lowest BCUT2D eigenvalue weighted by Crippen LogP contribution is -2.54. The zero-order valence-corrected chi connectivity index (χ0v) is 22.6. The minimum atomic E-state index is 0.0113. The Labute approximate surface area is 230 Å². The van der Waals surface area contributed by atoms with Crippen molar-refractivity contribution >= 4 is 23.0 Å². The first-order valence-corrected chi connectivity index (χ1v) is 13.9. The molecule has 3 unspecified atom stereocenters. The van der Waals surface area contributed by atoms with E-state index >= 15 is 0 Å². The van der Waals surface area contributed by atoms with Crippen molar-refractivity contribution in [2.45, 2.75) is 38.8 Å². The number of nitrogens with zero attached hydrogens (tertiary/aromatic N) is 4. The van der Waals surface area contributed by atoms with Crippen molar-refractivity contribution in [1.29, 1.82) is 0 Å². The number of benzene rings is 4. The molecule has 5 aromatic rings. The molecule has 3 heterocycles. The fourth-order valence-corrected chi connectivity index (χ4v) is 6.52. The van der Waals surface area contributed by atoms with E-state index in [9.17, 15) is 0 Å². The van der Waals surface area contributed by atoms with Crippen molar-refractivity contribution in [3.05, 3.63) is 121 Å². The molecule has 0 aliphatic carbocycles. The highest BCUT2D eigenvalue weighted by atomic mass is 15.5. The monoisotopic (exact) mass is 508 g/mol. The molecule has 7 rings (SSSR count). The van der Waals surface area contributed by atoms with E-state index in [1.54, 1.807) is 0 Å². The van der Waals surface area contributed by atoms with Crippen molar-refractivity contribution < 1.29 is 0 Å². The summed E-state index contributed by atoms with van der Waals surface area (Å²) in [6.07, 6.45) is 1.11. The third-order valence-electron chi connectivity index (χ3n) is 8.94. The smallest absolute Gasteiger partial charge is 0.179 e. The SMILES string of the molecule is CCC1(C)c2ccccc2N2c3nc(-c4ccccc4)c(-c4ccccc4)nc3N(c3ccccc3)C2C1C. The molecule has 0 radical (unpaired) electrons. The lowest BCUT2D eigenvalue weighted by atomic mass is 9.66. The summed E-state index contributed by atoms with van der Waals surface area (Å²) in [6, 6.07) is 40.5. The fraction of sp³-hybridized carbons (Fsp3) is 0.200. The highest BCUT2D eigenvalue weighted by molar-refractivity contribution is 5.90. The molecule has 2 aliphatic rings. The normalized spacial score (nSPS) is 21.3. The summed E-state index contributed by atoms with van der Waals surface area (Å²) in [5, 5.41) is 0. The number of hydrogen-bond acceptors (Lipinski definition) is 4. The number of para-hydroxylation sites is 2. The summed E-state index contributed by atoms with van der Waals surface area (Å²) in [5.41, 5.74) is 7.70. The van der Waals surface area contributed by atoms with Crippen LogP contribution >= 0.6 is 0 Å². The largest absolute Gasteiger partial charge is 0.302 e. The van der Waals surface area contributed by atoms with Crippen LogP contribution in [-0.4, -0.2) is 16.1 Å². The molecule has 4 heteroatoms. The van der Waals surface area contributed by atoms with Gasteiger partial charge in [0.1, 0.15) is 6.17 Å². The van der Waals surface area contributed by atoms with Gasteiger partial charge in [0, 0.05) is 33.8 Å². The van der Waals surface area contributed by atoms with Crippen molar-refractivity contribution in [2.24, 2.45) is 5.92 Å². The molecule has 192 valence electrons. The first-order valence-electron chi connectivity index (χ1n) is 13.9. The highest BCUT2D eigenvalue weighted by Crippen LogP contribution is 2.58. The minimum absolute atomic E-state index is 0.0113. The number of hydrogen-bond donors (Lipinski definition) is 0. The van der Waals surface area contributed by atoms with Crippen molar-refractivity contribution in [1.82, 2.24) is 9.97 Å². The topological polar surface area (TPSA) is 32.3 Å². The molecular weight excluding hydrogens is 476 g/mol. The lowest BCUT2D eigenvalue weighted by molar-refractivity contribution is 0.249. The average molecular weight is 509 g/mol. The molecule has 0 amide bonds. The molecule has 1 aromatic heterocycles. The third-order valence-corrected chi connectivity index (χ3v) is 8.94. The number of aromatic nitrogens is 2. The molecule has 4 aromatic carbocycles. The van der Waals surface area contributed by atoms with Crippen LogP contribution in [0.2, 0.25) is 0 Å². The van der Waals surface area contributed by atoms with Gasteiger partial charge in [-0.1, -0.05) is 118 Å². The molecule has 4 nitrogen and oxygen atoms in total. The number of rotatable bonds is 4. The Balaban J connectivity index is 1.56. The molecule has 39 heavy (non-hydrogen) atoms. The Bertz CT molecular complexity index is 1630. The van der Waals surface area contributed by atoms with Gasteiger partial charge in [-0.3, -0.25) is 0 Å². The lowest BCUT2D eigenvalue weighted by Gasteiger charge is -2.50. The van der Waals surface area contributed by atoms with Gasteiger partial charge in [-0.25, -0.2) is 9.97 Å². The molecule has 0 N–H and O–H groups in total. The Morgan fingerprint density at radius 2 is 1.13 bits per heavy atom. The first kappa shape index (κ1) is 23.7. The minimum Gasteiger partial charge on any atom is -0.302 e. The van der Waals surface area contributed by atoms with E-state index in [1.807, 2.05) is 12.1 Å². The fourth-order valence-electron chi connectivity index (χ4n) is 6.52. The van der Waals surface area contributed by atoms with Gasteiger partial charge >= 0.3 is 0 Å². The second-order valence-electron chi connectivity index (χ2n) is 10.9. The Morgan fingerprint density at radius 1 is 0.641 bits per heavy atom. The standard InChI is InChI=1S/C35H32N4/c1-4-35(3)24(2)34-38(27-20-12-7-13-21-27)32-33(39(34)29-23-15-14-22-28(29)35)37-31(26-18-10-6-11-19-26)30(36-32)25-16-8-5-9-17-25/h5-24,34H,4H2,1-3H3. The van der Waals surface area contributed by atoms with E-state index in [0.29, 0.717) is 5.92 Å². The van der Waals surface area contributed by atoms with Crippen LogP contribution < -0.4 is 9.80 Å². The maximum absolute atomic E-state index is 5.49. The van der Waals surface area contributed by atoms with Crippen molar-refractivity contribution in [3.8, 4) is 22.5 Å². The van der Waals surface area contributed by atoms with E-state index in [-0.39, 0.29) is 11.6 Å². The molecular formula is C35H32N4. The zero-order chi connectivity index (χ0) is 26.6. The van der Waals surface area contributed by atoms with E-state index < -0.39 is 0 Å². The van der Waals surface area contributed by atoms with Gasteiger partial charge in [0.25, 0.3) is 0 Å². The van der Waals surface area contributed by atoms with Gasteiger partial charge in [-0.15, -0.1) is 0 Å². The van der Waals surface area contributed by atoms with E-state index in [2.05, 4.69) is 134 Å². The number of anilines is 4. The molecule has 2 aliphatic heterocycles. The van der Waals surface area contributed by atoms with E-state index in [4.69, 9.17) is 9.97 Å².